The topological polar surface area (TPSA) is 86.6 Å². The lowest BCUT2D eigenvalue weighted by molar-refractivity contribution is 0.482. The van der Waals surface area contributed by atoms with Gasteiger partial charge in [-0.25, -0.2) is 0 Å². The molecule has 1 N–H and O–H groups in total. The van der Waals surface area contributed by atoms with E-state index in [2.05, 4.69) is 5.32 Å². The quantitative estimate of drug-likeness (QED) is 0.346. The van der Waals surface area contributed by atoms with Gasteiger partial charge in [-0.05, 0) is 0 Å². The first-order valence-electron chi connectivity index (χ1n) is 3.04. The van der Waals surface area contributed by atoms with E-state index in [4.69, 9.17) is 15.8 Å². The molecule has 0 aliphatic heterocycles. The first-order chi connectivity index (χ1) is 5.67. The number of nitrogens with zero attached hydrogens (tertiary/aromatic N) is 4. The van der Waals surface area contributed by atoms with Crippen molar-refractivity contribution in [1.29, 1.82) is 15.8 Å². The molecule has 0 aliphatic carbocycles. The Morgan fingerprint density at radius 2 is 1.67 bits per heavy atom. The molecule has 0 saturated heterocycles. The number of rotatable bonds is 2. The Morgan fingerprint density at radius 3 is 1.92 bits per heavy atom. The van der Waals surface area contributed by atoms with Crippen LogP contribution in [0.5, 0.6) is 0 Å². The van der Waals surface area contributed by atoms with Crippen molar-refractivity contribution >= 4 is 0 Å². The summed E-state index contributed by atoms with van der Waals surface area (Å²) in [6.07, 6.45) is 1.65. The van der Waals surface area contributed by atoms with Gasteiger partial charge in [-0.3, -0.25) is 5.32 Å². The van der Waals surface area contributed by atoms with Crippen molar-refractivity contribution in [3.63, 3.8) is 0 Å². The van der Waals surface area contributed by atoms with Crippen LogP contribution >= 0.6 is 0 Å². The summed E-state index contributed by atoms with van der Waals surface area (Å²) in [6, 6.07) is 3.36. The van der Waals surface area contributed by atoms with E-state index in [0.29, 0.717) is 0 Å². The Hall–Kier alpha value is -2.19. The highest BCUT2D eigenvalue weighted by Gasteiger charge is 2.06. The van der Waals surface area contributed by atoms with Crippen LogP contribution in [0.1, 0.15) is 0 Å². The summed E-state index contributed by atoms with van der Waals surface area (Å²) in [5.74, 6) is 0.211. The molecule has 0 fully saturated rings. The van der Waals surface area contributed by atoms with Crippen LogP contribution in [0.3, 0.4) is 0 Å². The molecule has 60 valence electrons. The summed E-state index contributed by atoms with van der Waals surface area (Å²) in [7, 11) is 3.27. The van der Waals surface area contributed by atoms with E-state index < -0.39 is 0 Å². The molecule has 5 heteroatoms. The molecule has 0 aromatic rings. The van der Waals surface area contributed by atoms with Gasteiger partial charge >= 0.3 is 0 Å². The largest absolute Gasteiger partial charge is 0.362 e. The van der Waals surface area contributed by atoms with Crippen molar-refractivity contribution in [2.24, 2.45) is 0 Å². The number of nitrogens with one attached hydrogen (secondary N) is 1. The van der Waals surface area contributed by atoms with Crippen LogP contribution in [-0.2, 0) is 0 Å². The fourth-order valence-electron chi connectivity index (χ4n) is 0.582. The number of nitriles is 3. The van der Waals surface area contributed by atoms with Gasteiger partial charge in [-0.15, -0.1) is 0 Å². The van der Waals surface area contributed by atoms with Crippen LogP contribution in [0.25, 0.3) is 0 Å². The first-order valence-corrected chi connectivity index (χ1v) is 3.04. The Kier molecular flexibility index (Phi) is 3.76. The summed E-state index contributed by atoms with van der Waals surface area (Å²) in [5.41, 5.74) is -0.110. The minimum absolute atomic E-state index is 0.110. The third-order valence-electron chi connectivity index (χ3n) is 1.08. The molecule has 0 aromatic heterocycles. The second-order valence-corrected chi connectivity index (χ2v) is 2.08. The summed E-state index contributed by atoms with van der Waals surface area (Å²) in [5, 5.41) is 27.5. The van der Waals surface area contributed by atoms with Gasteiger partial charge in [0.25, 0.3) is 0 Å². The van der Waals surface area contributed by atoms with Gasteiger partial charge in [-0.1, -0.05) is 0 Å². The number of hydrogen-bond acceptors (Lipinski definition) is 5. The van der Waals surface area contributed by atoms with Crippen molar-refractivity contribution in [1.82, 2.24) is 10.2 Å². The van der Waals surface area contributed by atoms with E-state index in [9.17, 15) is 0 Å². The Balaban J connectivity index is 4.99. The SMILES string of the molecule is CN(C)C(NC#N)=C(C#N)C#N. The molecule has 0 radical (unpaired) electrons. The predicted octanol–water partition coefficient (Wildman–Crippen LogP) is -0.123. The van der Waals surface area contributed by atoms with Crippen LogP contribution in [-0.4, -0.2) is 19.0 Å². The monoisotopic (exact) mass is 161 g/mol. The van der Waals surface area contributed by atoms with Crippen LogP contribution in [0, 0.1) is 34.1 Å². The lowest BCUT2D eigenvalue weighted by Gasteiger charge is -2.13. The van der Waals surface area contributed by atoms with Gasteiger partial charge in [0.05, 0.1) is 0 Å². The Morgan fingerprint density at radius 1 is 1.17 bits per heavy atom. The molecule has 0 aromatic carbocycles. The standard InChI is InChI=1S/C7H7N5/c1-12(2)7(11-5-10)6(3-8)4-9/h11H,1-2H3. The van der Waals surface area contributed by atoms with E-state index in [1.807, 2.05) is 0 Å². The zero-order chi connectivity index (χ0) is 9.56. The molecule has 0 amide bonds. The molecule has 0 aliphatic rings. The van der Waals surface area contributed by atoms with E-state index in [0.717, 1.165) is 0 Å². The maximum atomic E-state index is 8.47. The molecule has 0 atom stereocenters. The Bertz CT molecular complexity index is 290. The molecule has 0 bridgehead atoms. The first kappa shape index (κ1) is 9.81. The molecule has 0 saturated carbocycles. The fraction of sp³-hybridized carbons (Fsp3) is 0.286. The normalized spacial score (nSPS) is 6.92. The third kappa shape index (κ3) is 2.21. The second-order valence-electron chi connectivity index (χ2n) is 2.08. The van der Waals surface area contributed by atoms with E-state index in [1.54, 1.807) is 32.4 Å². The van der Waals surface area contributed by atoms with E-state index >= 15 is 0 Å². The molecule has 0 rings (SSSR count). The van der Waals surface area contributed by atoms with Crippen molar-refractivity contribution in [3.8, 4) is 18.3 Å². The summed E-state index contributed by atoms with van der Waals surface area (Å²) < 4.78 is 0. The molecule has 5 nitrogen and oxygen atoms in total. The lowest BCUT2D eigenvalue weighted by atomic mass is 10.3. The highest BCUT2D eigenvalue weighted by molar-refractivity contribution is 5.39. The average molecular weight is 161 g/mol. The maximum Gasteiger partial charge on any atom is 0.182 e. The summed E-state index contributed by atoms with van der Waals surface area (Å²) in [4.78, 5) is 1.49. The highest BCUT2D eigenvalue weighted by atomic mass is 15.2. The van der Waals surface area contributed by atoms with Crippen molar-refractivity contribution in [3.05, 3.63) is 11.4 Å². The van der Waals surface area contributed by atoms with Gasteiger partial charge < -0.3 is 4.90 Å². The van der Waals surface area contributed by atoms with Gasteiger partial charge in [0.2, 0.25) is 0 Å². The number of hydrogen-bond donors (Lipinski definition) is 1. The third-order valence-corrected chi connectivity index (χ3v) is 1.08. The van der Waals surface area contributed by atoms with Gasteiger partial charge in [-0.2, -0.15) is 15.8 Å². The van der Waals surface area contributed by atoms with Crippen molar-refractivity contribution in [2.45, 2.75) is 0 Å². The maximum absolute atomic E-state index is 8.47. The summed E-state index contributed by atoms with van der Waals surface area (Å²) in [6.45, 7) is 0. The smallest absolute Gasteiger partial charge is 0.182 e. The van der Waals surface area contributed by atoms with Crippen LogP contribution in [0.15, 0.2) is 11.4 Å². The minimum Gasteiger partial charge on any atom is -0.362 e. The zero-order valence-corrected chi connectivity index (χ0v) is 6.79. The second kappa shape index (κ2) is 4.60. The Labute approximate surface area is 70.7 Å². The van der Waals surface area contributed by atoms with Crippen molar-refractivity contribution < 1.29 is 0 Å². The van der Waals surface area contributed by atoms with E-state index in [1.165, 1.54) is 4.90 Å². The van der Waals surface area contributed by atoms with Crippen LogP contribution in [0.2, 0.25) is 0 Å². The summed E-state index contributed by atoms with van der Waals surface area (Å²) >= 11 is 0. The molecular formula is C7H7N5. The molecular weight excluding hydrogens is 154 g/mol. The minimum atomic E-state index is -0.110. The van der Waals surface area contributed by atoms with Gasteiger partial charge in [0, 0.05) is 14.1 Å². The zero-order valence-electron chi connectivity index (χ0n) is 6.79. The van der Waals surface area contributed by atoms with Gasteiger partial charge in [0.1, 0.15) is 18.0 Å². The molecule has 12 heavy (non-hydrogen) atoms. The molecule has 0 unspecified atom stereocenters. The molecule has 0 heterocycles. The fourth-order valence-corrected chi connectivity index (χ4v) is 0.582. The molecule has 0 spiro atoms. The van der Waals surface area contributed by atoms with Gasteiger partial charge in [0.15, 0.2) is 11.8 Å². The van der Waals surface area contributed by atoms with Crippen LogP contribution < -0.4 is 5.32 Å². The average Bonchev–Trinajstić information content (AvgIpc) is 2.05. The van der Waals surface area contributed by atoms with E-state index in [-0.39, 0.29) is 11.4 Å². The highest BCUT2D eigenvalue weighted by Crippen LogP contribution is 2.00. The number of allylic oxidation sites excluding steroid dienone is 1. The predicted molar refractivity (Wildman–Crippen MR) is 40.7 cm³/mol. The lowest BCUT2D eigenvalue weighted by Crippen LogP contribution is -2.23. The van der Waals surface area contributed by atoms with Crippen molar-refractivity contribution in [2.75, 3.05) is 14.1 Å². The van der Waals surface area contributed by atoms with Crippen LogP contribution in [0.4, 0.5) is 0 Å².